The van der Waals surface area contributed by atoms with Crippen LogP contribution in [0, 0.1) is 6.92 Å². The Hall–Kier alpha value is -1.69. The third kappa shape index (κ3) is 2.43. The molecule has 3 heterocycles. The molecule has 1 aliphatic heterocycles. The number of imidazole rings is 1. The number of rotatable bonds is 4. The summed E-state index contributed by atoms with van der Waals surface area (Å²) < 4.78 is 7.35. The van der Waals surface area contributed by atoms with Gasteiger partial charge in [-0.25, -0.2) is 4.98 Å². The lowest BCUT2D eigenvalue weighted by Gasteiger charge is -2.15. The smallest absolute Gasteiger partial charge is 0.231 e. The minimum atomic E-state index is 0.397. The van der Waals surface area contributed by atoms with Crippen molar-refractivity contribution in [3.05, 3.63) is 30.4 Å². The molecule has 0 amide bonds. The van der Waals surface area contributed by atoms with E-state index in [-0.39, 0.29) is 0 Å². The molecule has 3 rings (SSSR count). The number of aryl methyl sites for hydroxylation is 1. The Balaban J connectivity index is 1.52. The van der Waals surface area contributed by atoms with Gasteiger partial charge in [0, 0.05) is 32.0 Å². The van der Waals surface area contributed by atoms with E-state index in [1.807, 2.05) is 25.6 Å². The van der Waals surface area contributed by atoms with Crippen molar-refractivity contribution in [3.63, 3.8) is 0 Å². The molecule has 6 nitrogen and oxygen atoms in total. The molecule has 18 heavy (non-hydrogen) atoms. The molecule has 2 aromatic rings. The quantitative estimate of drug-likeness (QED) is 0.808. The maximum atomic E-state index is 5.24. The fraction of sp³-hybridized carbons (Fsp3) is 0.583. The highest BCUT2D eigenvalue weighted by atomic mass is 16.5. The van der Waals surface area contributed by atoms with Crippen LogP contribution in [0.5, 0.6) is 0 Å². The summed E-state index contributed by atoms with van der Waals surface area (Å²) in [6.07, 6.45) is 6.77. The number of hydrogen-bond acceptors (Lipinski definition) is 5. The fourth-order valence-corrected chi connectivity index (χ4v) is 2.39. The zero-order valence-corrected chi connectivity index (χ0v) is 10.5. The first kappa shape index (κ1) is 11.4. The van der Waals surface area contributed by atoms with Crippen molar-refractivity contribution in [1.29, 1.82) is 0 Å². The Kier molecular flexibility index (Phi) is 3.10. The lowest BCUT2D eigenvalue weighted by atomic mass is 10.1. The second-order valence-electron chi connectivity index (χ2n) is 4.77. The molecule has 1 unspecified atom stereocenters. The highest BCUT2D eigenvalue weighted by Gasteiger charge is 2.27. The summed E-state index contributed by atoms with van der Waals surface area (Å²) in [5.74, 6) is 1.91. The van der Waals surface area contributed by atoms with E-state index >= 15 is 0 Å². The van der Waals surface area contributed by atoms with Crippen LogP contribution in [0.3, 0.4) is 0 Å². The Labute approximate surface area is 106 Å². The highest BCUT2D eigenvalue weighted by molar-refractivity contribution is 4.98. The maximum absolute atomic E-state index is 5.24. The summed E-state index contributed by atoms with van der Waals surface area (Å²) in [7, 11) is 0. The summed E-state index contributed by atoms with van der Waals surface area (Å²) in [6.45, 7) is 5.99. The van der Waals surface area contributed by atoms with Gasteiger partial charge in [0.05, 0.1) is 12.2 Å². The van der Waals surface area contributed by atoms with Crippen molar-refractivity contribution in [2.45, 2.75) is 25.8 Å². The molecule has 0 aliphatic carbocycles. The number of hydrogen-bond donors (Lipinski definition) is 0. The van der Waals surface area contributed by atoms with Crippen LogP contribution in [0.25, 0.3) is 0 Å². The topological polar surface area (TPSA) is 60.0 Å². The van der Waals surface area contributed by atoms with Crippen LogP contribution >= 0.6 is 0 Å². The Bertz CT molecular complexity index is 492. The van der Waals surface area contributed by atoms with Crippen molar-refractivity contribution in [3.8, 4) is 0 Å². The van der Waals surface area contributed by atoms with E-state index in [1.165, 1.54) is 0 Å². The van der Waals surface area contributed by atoms with Gasteiger partial charge in [-0.3, -0.25) is 0 Å². The van der Waals surface area contributed by atoms with E-state index in [0.717, 1.165) is 44.3 Å². The molecule has 1 saturated heterocycles. The normalized spacial score (nSPS) is 20.6. The first-order valence-electron chi connectivity index (χ1n) is 6.29. The molecule has 0 saturated carbocycles. The van der Waals surface area contributed by atoms with E-state index in [1.54, 1.807) is 0 Å². The molecular formula is C12H17N5O. The summed E-state index contributed by atoms with van der Waals surface area (Å²) >= 11 is 0. The van der Waals surface area contributed by atoms with Gasteiger partial charge in [0.15, 0.2) is 5.82 Å². The predicted octanol–water partition coefficient (Wildman–Crippen LogP) is 1.06. The monoisotopic (exact) mass is 247 g/mol. The third-order valence-corrected chi connectivity index (χ3v) is 3.40. The average molecular weight is 247 g/mol. The Morgan fingerprint density at radius 2 is 2.39 bits per heavy atom. The molecule has 6 heteroatoms. The van der Waals surface area contributed by atoms with Crippen LogP contribution in [0.15, 0.2) is 23.2 Å². The molecule has 0 radical (unpaired) electrons. The third-order valence-electron chi connectivity index (χ3n) is 3.40. The van der Waals surface area contributed by atoms with Crippen LogP contribution in [0.4, 0.5) is 0 Å². The SMILES string of the molecule is Cc1noc(C2CCN(CCn3ccnc3)C2)n1. The molecule has 1 aliphatic rings. The molecule has 96 valence electrons. The molecule has 0 N–H and O–H groups in total. The van der Waals surface area contributed by atoms with Crippen molar-refractivity contribution in [2.24, 2.45) is 0 Å². The molecule has 1 atom stereocenters. The summed E-state index contributed by atoms with van der Waals surface area (Å²) in [6, 6.07) is 0. The fourth-order valence-electron chi connectivity index (χ4n) is 2.39. The minimum Gasteiger partial charge on any atom is -0.339 e. The second-order valence-corrected chi connectivity index (χ2v) is 4.77. The van der Waals surface area contributed by atoms with Gasteiger partial charge in [0.25, 0.3) is 0 Å². The van der Waals surface area contributed by atoms with Crippen molar-refractivity contribution >= 4 is 0 Å². The van der Waals surface area contributed by atoms with E-state index in [0.29, 0.717) is 5.92 Å². The summed E-state index contributed by atoms with van der Waals surface area (Å²) in [4.78, 5) is 10.8. The summed E-state index contributed by atoms with van der Waals surface area (Å²) in [5.41, 5.74) is 0. The highest BCUT2D eigenvalue weighted by Crippen LogP contribution is 2.25. The van der Waals surface area contributed by atoms with Crippen LogP contribution in [0.2, 0.25) is 0 Å². The molecular weight excluding hydrogens is 230 g/mol. The number of likely N-dealkylation sites (tertiary alicyclic amines) is 1. The first-order valence-corrected chi connectivity index (χ1v) is 6.29. The molecule has 1 fully saturated rings. The van der Waals surface area contributed by atoms with E-state index in [2.05, 4.69) is 24.6 Å². The standard InChI is InChI=1S/C12H17N5O/c1-10-14-12(18-15-10)11-2-4-16(8-11)6-7-17-5-3-13-9-17/h3,5,9,11H,2,4,6-8H2,1H3. The predicted molar refractivity (Wildman–Crippen MR) is 65.1 cm³/mol. The number of aromatic nitrogens is 4. The van der Waals surface area contributed by atoms with Gasteiger partial charge in [0.1, 0.15) is 0 Å². The van der Waals surface area contributed by atoms with Crippen LogP contribution in [-0.2, 0) is 6.54 Å². The Morgan fingerprint density at radius 3 is 3.11 bits per heavy atom. The van der Waals surface area contributed by atoms with Crippen LogP contribution in [-0.4, -0.2) is 44.2 Å². The molecule has 0 bridgehead atoms. The molecule has 2 aromatic heterocycles. The largest absolute Gasteiger partial charge is 0.339 e. The van der Waals surface area contributed by atoms with Crippen molar-refractivity contribution < 1.29 is 4.52 Å². The first-order chi connectivity index (χ1) is 8.81. The van der Waals surface area contributed by atoms with Gasteiger partial charge in [-0.1, -0.05) is 5.16 Å². The van der Waals surface area contributed by atoms with Crippen molar-refractivity contribution in [2.75, 3.05) is 19.6 Å². The average Bonchev–Trinajstić information content (AvgIpc) is 3.07. The van der Waals surface area contributed by atoms with E-state index in [9.17, 15) is 0 Å². The Morgan fingerprint density at radius 1 is 1.44 bits per heavy atom. The molecule has 0 spiro atoms. The minimum absolute atomic E-state index is 0.397. The number of nitrogens with zero attached hydrogens (tertiary/aromatic N) is 5. The van der Waals surface area contributed by atoms with Gasteiger partial charge in [-0.05, 0) is 19.9 Å². The zero-order chi connectivity index (χ0) is 12.4. The lowest BCUT2D eigenvalue weighted by molar-refractivity contribution is 0.303. The summed E-state index contributed by atoms with van der Waals surface area (Å²) in [5, 5.41) is 3.86. The maximum Gasteiger partial charge on any atom is 0.231 e. The van der Waals surface area contributed by atoms with Gasteiger partial charge >= 0.3 is 0 Å². The van der Waals surface area contributed by atoms with Gasteiger partial charge in [-0.2, -0.15) is 4.98 Å². The van der Waals surface area contributed by atoms with Gasteiger partial charge in [-0.15, -0.1) is 0 Å². The van der Waals surface area contributed by atoms with Crippen molar-refractivity contribution in [1.82, 2.24) is 24.6 Å². The van der Waals surface area contributed by atoms with Crippen LogP contribution in [0.1, 0.15) is 24.1 Å². The lowest BCUT2D eigenvalue weighted by Crippen LogP contribution is -2.24. The van der Waals surface area contributed by atoms with Gasteiger partial charge < -0.3 is 14.0 Å². The van der Waals surface area contributed by atoms with E-state index < -0.39 is 0 Å². The van der Waals surface area contributed by atoms with Gasteiger partial charge in [0.2, 0.25) is 5.89 Å². The zero-order valence-electron chi connectivity index (χ0n) is 10.5. The molecule has 0 aromatic carbocycles. The van der Waals surface area contributed by atoms with E-state index in [4.69, 9.17) is 4.52 Å². The second kappa shape index (κ2) is 4.89. The van der Waals surface area contributed by atoms with Crippen LogP contribution < -0.4 is 0 Å².